The van der Waals surface area contributed by atoms with Gasteiger partial charge in [-0.05, 0) is 25.3 Å². The second-order valence-corrected chi connectivity index (χ2v) is 5.69. The van der Waals surface area contributed by atoms with Crippen LogP contribution in [0.3, 0.4) is 0 Å². The molecular formula is C15H16F3N3O. The molecule has 4 nitrogen and oxygen atoms in total. The Labute approximate surface area is 125 Å². The van der Waals surface area contributed by atoms with Gasteiger partial charge < -0.3 is 5.32 Å². The lowest BCUT2D eigenvalue weighted by molar-refractivity contribution is -0.183. The molecule has 2 aromatic rings. The molecule has 0 radical (unpaired) electrons. The molecule has 1 aliphatic carbocycles. The molecule has 1 amide bonds. The van der Waals surface area contributed by atoms with Crippen molar-refractivity contribution in [3.63, 3.8) is 0 Å². The summed E-state index contributed by atoms with van der Waals surface area (Å²) in [5.41, 5.74) is 0.953. The number of H-pyrrole nitrogens is 1. The fourth-order valence-corrected chi connectivity index (χ4v) is 3.01. The number of amides is 1. The van der Waals surface area contributed by atoms with Crippen LogP contribution < -0.4 is 5.32 Å². The smallest absolute Gasteiger partial charge is 0.348 e. The number of rotatable bonds is 2. The molecule has 1 heterocycles. The molecule has 2 atom stereocenters. The van der Waals surface area contributed by atoms with E-state index in [-0.39, 0.29) is 18.5 Å². The Balaban J connectivity index is 1.71. The van der Waals surface area contributed by atoms with Crippen molar-refractivity contribution >= 4 is 16.8 Å². The number of nitrogens with zero attached hydrogens (tertiary/aromatic N) is 1. The Bertz CT molecular complexity index is 680. The summed E-state index contributed by atoms with van der Waals surface area (Å²) in [5, 5.41) is 10.1. The highest BCUT2D eigenvalue weighted by atomic mass is 19.4. The van der Waals surface area contributed by atoms with Gasteiger partial charge in [-0.25, -0.2) is 0 Å². The first-order chi connectivity index (χ1) is 10.4. The van der Waals surface area contributed by atoms with E-state index >= 15 is 0 Å². The van der Waals surface area contributed by atoms with E-state index in [9.17, 15) is 18.0 Å². The number of fused-ring (bicyclic) bond motifs is 1. The van der Waals surface area contributed by atoms with Gasteiger partial charge in [-0.3, -0.25) is 9.89 Å². The maximum atomic E-state index is 12.8. The van der Waals surface area contributed by atoms with E-state index in [0.717, 1.165) is 5.52 Å². The summed E-state index contributed by atoms with van der Waals surface area (Å²) in [5.74, 6) is -1.76. The van der Waals surface area contributed by atoms with Crippen LogP contribution in [0.25, 0.3) is 10.9 Å². The Morgan fingerprint density at radius 2 is 2.05 bits per heavy atom. The van der Waals surface area contributed by atoms with Gasteiger partial charge in [0, 0.05) is 11.4 Å². The Kier molecular flexibility index (Phi) is 3.80. The lowest BCUT2D eigenvalue weighted by Gasteiger charge is -2.30. The summed E-state index contributed by atoms with van der Waals surface area (Å²) >= 11 is 0. The molecule has 1 fully saturated rings. The third-order valence-electron chi connectivity index (χ3n) is 4.16. The average molecular weight is 311 g/mol. The van der Waals surface area contributed by atoms with Crippen molar-refractivity contribution in [1.82, 2.24) is 15.5 Å². The number of nitrogens with one attached hydrogen (secondary N) is 2. The molecule has 0 spiro atoms. The Morgan fingerprint density at radius 3 is 2.82 bits per heavy atom. The standard InChI is InChI=1S/C15H16F3N3O/c16-15(17,18)9-4-3-5-10(8-9)19-14(22)13-11-6-1-2-7-12(11)20-21-13/h1-2,6-7,9-10H,3-5,8H2,(H,19,22)(H,20,21). The molecule has 1 aromatic heterocycles. The first-order valence-corrected chi connectivity index (χ1v) is 7.26. The van der Waals surface area contributed by atoms with Crippen LogP contribution in [0.15, 0.2) is 24.3 Å². The van der Waals surface area contributed by atoms with Crippen molar-refractivity contribution in [3.8, 4) is 0 Å². The predicted molar refractivity (Wildman–Crippen MR) is 75.4 cm³/mol. The van der Waals surface area contributed by atoms with Gasteiger partial charge in [0.25, 0.3) is 5.91 Å². The summed E-state index contributed by atoms with van der Waals surface area (Å²) in [4.78, 5) is 12.3. The molecule has 118 valence electrons. The topological polar surface area (TPSA) is 57.8 Å². The minimum atomic E-state index is -4.19. The van der Waals surface area contributed by atoms with Crippen LogP contribution in [0, 0.1) is 5.92 Å². The highest BCUT2D eigenvalue weighted by molar-refractivity contribution is 6.04. The van der Waals surface area contributed by atoms with Gasteiger partial charge in [-0.15, -0.1) is 0 Å². The minimum absolute atomic E-state index is 0.0579. The number of benzene rings is 1. The van der Waals surface area contributed by atoms with Gasteiger partial charge in [0.2, 0.25) is 0 Å². The lowest BCUT2D eigenvalue weighted by Crippen LogP contribution is -2.41. The van der Waals surface area contributed by atoms with E-state index in [1.54, 1.807) is 18.2 Å². The maximum Gasteiger partial charge on any atom is 0.391 e. The van der Waals surface area contributed by atoms with E-state index < -0.39 is 24.0 Å². The second kappa shape index (κ2) is 5.62. The van der Waals surface area contributed by atoms with Crippen LogP contribution in [0.4, 0.5) is 13.2 Å². The van der Waals surface area contributed by atoms with Crippen LogP contribution in [0.2, 0.25) is 0 Å². The Hall–Kier alpha value is -2.05. The zero-order chi connectivity index (χ0) is 15.7. The molecule has 1 aliphatic rings. The molecule has 2 unspecified atom stereocenters. The number of carbonyl (C=O) groups is 1. The first kappa shape index (κ1) is 14.9. The highest BCUT2D eigenvalue weighted by Crippen LogP contribution is 2.37. The van der Waals surface area contributed by atoms with E-state index in [4.69, 9.17) is 0 Å². The third-order valence-corrected chi connectivity index (χ3v) is 4.16. The first-order valence-electron chi connectivity index (χ1n) is 7.26. The summed E-state index contributed by atoms with van der Waals surface area (Å²) in [7, 11) is 0. The number of alkyl halides is 3. The number of aromatic amines is 1. The van der Waals surface area contributed by atoms with E-state index in [1.807, 2.05) is 6.07 Å². The fraction of sp³-hybridized carbons (Fsp3) is 0.467. The van der Waals surface area contributed by atoms with Gasteiger partial charge in [-0.1, -0.05) is 24.6 Å². The van der Waals surface area contributed by atoms with Crippen LogP contribution in [0.5, 0.6) is 0 Å². The van der Waals surface area contributed by atoms with Gasteiger partial charge in [-0.2, -0.15) is 18.3 Å². The molecule has 1 saturated carbocycles. The van der Waals surface area contributed by atoms with E-state index in [1.165, 1.54) is 0 Å². The number of aromatic nitrogens is 2. The molecule has 22 heavy (non-hydrogen) atoms. The van der Waals surface area contributed by atoms with Crippen molar-refractivity contribution in [1.29, 1.82) is 0 Å². The third kappa shape index (κ3) is 2.93. The second-order valence-electron chi connectivity index (χ2n) is 5.69. The van der Waals surface area contributed by atoms with Crippen molar-refractivity contribution in [3.05, 3.63) is 30.0 Å². The molecule has 2 N–H and O–H groups in total. The van der Waals surface area contributed by atoms with E-state index in [2.05, 4.69) is 15.5 Å². The van der Waals surface area contributed by atoms with Crippen LogP contribution in [-0.2, 0) is 0 Å². The number of hydrogen-bond acceptors (Lipinski definition) is 2. The summed E-state index contributed by atoms with van der Waals surface area (Å²) in [6, 6.07) is 6.70. The minimum Gasteiger partial charge on any atom is -0.348 e. The summed E-state index contributed by atoms with van der Waals surface area (Å²) in [6.45, 7) is 0. The largest absolute Gasteiger partial charge is 0.391 e. The lowest BCUT2D eigenvalue weighted by atomic mass is 9.85. The zero-order valence-electron chi connectivity index (χ0n) is 11.8. The zero-order valence-corrected chi connectivity index (χ0v) is 11.8. The molecular weight excluding hydrogens is 295 g/mol. The van der Waals surface area contributed by atoms with Crippen molar-refractivity contribution in [2.75, 3.05) is 0 Å². The van der Waals surface area contributed by atoms with Gasteiger partial charge >= 0.3 is 6.18 Å². The normalized spacial score (nSPS) is 22.7. The molecule has 0 aliphatic heterocycles. The highest BCUT2D eigenvalue weighted by Gasteiger charge is 2.42. The quantitative estimate of drug-likeness (QED) is 0.893. The number of halogens is 3. The molecule has 1 aromatic carbocycles. The van der Waals surface area contributed by atoms with Crippen LogP contribution >= 0.6 is 0 Å². The van der Waals surface area contributed by atoms with E-state index in [0.29, 0.717) is 18.2 Å². The summed E-state index contributed by atoms with van der Waals surface area (Å²) < 4.78 is 38.4. The van der Waals surface area contributed by atoms with Crippen molar-refractivity contribution in [2.24, 2.45) is 5.92 Å². The maximum absolute atomic E-state index is 12.8. The predicted octanol–water partition coefficient (Wildman–Crippen LogP) is 3.41. The van der Waals surface area contributed by atoms with Crippen molar-refractivity contribution < 1.29 is 18.0 Å². The number of carbonyl (C=O) groups excluding carboxylic acids is 1. The van der Waals surface area contributed by atoms with Gasteiger partial charge in [0.15, 0.2) is 5.69 Å². The Morgan fingerprint density at radius 1 is 1.27 bits per heavy atom. The van der Waals surface area contributed by atoms with Crippen LogP contribution in [0.1, 0.15) is 36.2 Å². The monoisotopic (exact) mass is 311 g/mol. The number of para-hydroxylation sites is 1. The van der Waals surface area contributed by atoms with Crippen molar-refractivity contribution in [2.45, 2.75) is 37.9 Å². The SMILES string of the molecule is O=C(NC1CCCC(C(F)(F)F)C1)c1n[nH]c2ccccc12. The summed E-state index contributed by atoms with van der Waals surface area (Å²) in [6.07, 6.45) is -3.07. The molecule has 3 rings (SSSR count). The van der Waals surface area contributed by atoms with Gasteiger partial charge in [0.05, 0.1) is 11.4 Å². The molecule has 0 bridgehead atoms. The number of hydrogen-bond donors (Lipinski definition) is 2. The van der Waals surface area contributed by atoms with Crippen LogP contribution in [-0.4, -0.2) is 28.3 Å². The van der Waals surface area contributed by atoms with Gasteiger partial charge in [0.1, 0.15) is 0 Å². The average Bonchev–Trinajstić information content (AvgIpc) is 2.90. The molecule has 0 saturated heterocycles. The molecule has 7 heteroatoms. The fourth-order valence-electron chi connectivity index (χ4n) is 3.01.